The number of anilines is 3. The highest BCUT2D eigenvalue weighted by Crippen LogP contribution is 2.36. The monoisotopic (exact) mass is 504 g/mol. The van der Waals surface area contributed by atoms with Gasteiger partial charge in [-0.3, -0.25) is 9.48 Å². The zero-order chi connectivity index (χ0) is 26.3. The Morgan fingerprint density at radius 2 is 1.95 bits per heavy atom. The van der Waals surface area contributed by atoms with Gasteiger partial charge in [-0.25, -0.2) is 9.97 Å². The van der Waals surface area contributed by atoms with Crippen LogP contribution in [0.3, 0.4) is 0 Å². The first-order chi connectivity index (χ1) is 17.6. The molecule has 2 atom stereocenters. The topological polar surface area (TPSA) is 132 Å². The molecule has 1 aliphatic rings. The van der Waals surface area contributed by atoms with Crippen molar-refractivity contribution in [2.75, 3.05) is 10.6 Å². The number of pyridine rings is 2. The van der Waals surface area contributed by atoms with Crippen molar-refractivity contribution in [2.24, 2.45) is 7.05 Å². The van der Waals surface area contributed by atoms with Crippen LogP contribution in [0.2, 0.25) is 0 Å². The average molecular weight is 505 g/mol. The molecule has 0 aliphatic heterocycles. The van der Waals surface area contributed by atoms with Crippen LogP contribution >= 0.6 is 0 Å². The number of carbonyl (C=O) groups is 1. The van der Waals surface area contributed by atoms with Crippen molar-refractivity contribution in [2.45, 2.75) is 64.5 Å². The molecule has 3 N–H and O–H groups in total. The highest BCUT2D eigenvalue weighted by atomic mass is 16.5. The van der Waals surface area contributed by atoms with Gasteiger partial charge in [0.2, 0.25) is 11.9 Å². The fraction of sp³-hybridized carbons (Fsp3) is 0.423. The summed E-state index contributed by atoms with van der Waals surface area (Å²) in [5.41, 5.74) is 2.26. The van der Waals surface area contributed by atoms with Gasteiger partial charge in [-0.15, -0.1) is 0 Å². The fourth-order valence-corrected chi connectivity index (χ4v) is 4.67. The Balaban J connectivity index is 1.41. The van der Waals surface area contributed by atoms with E-state index in [-0.39, 0.29) is 23.5 Å². The van der Waals surface area contributed by atoms with E-state index in [1.165, 1.54) is 6.92 Å². The molecule has 1 unspecified atom stereocenters. The van der Waals surface area contributed by atoms with Gasteiger partial charge in [-0.2, -0.15) is 10.1 Å². The van der Waals surface area contributed by atoms with Crippen molar-refractivity contribution < 1.29 is 14.6 Å². The maximum absolute atomic E-state index is 11.3. The van der Waals surface area contributed by atoms with E-state index < -0.39 is 0 Å². The predicted octanol–water partition coefficient (Wildman–Crippen LogP) is 4.44. The van der Waals surface area contributed by atoms with E-state index in [4.69, 9.17) is 9.84 Å². The number of amides is 1. The van der Waals surface area contributed by atoms with E-state index in [0.717, 1.165) is 30.5 Å². The Hall–Kier alpha value is -3.99. The van der Waals surface area contributed by atoms with Crippen LogP contribution in [0.25, 0.3) is 11.2 Å². The summed E-state index contributed by atoms with van der Waals surface area (Å²) >= 11 is 0. The van der Waals surface area contributed by atoms with Crippen molar-refractivity contribution in [3.63, 3.8) is 0 Å². The molecule has 0 saturated heterocycles. The molecule has 5 rings (SSSR count). The van der Waals surface area contributed by atoms with E-state index in [1.807, 2.05) is 28.4 Å². The maximum Gasteiger partial charge on any atom is 0.222 e. The number of nitrogens with one attached hydrogen (secondary N) is 2. The minimum absolute atomic E-state index is 0.0223. The summed E-state index contributed by atoms with van der Waals surface area (Å²) in [5.74, 6) is 2.51. The van der Waals surface area contributed by atoms with Crippen LogP contribution in [0.5, 0.6) is 11.5 Å². The number of rotatable bonds is 6. The van der Waals surface area contributed by atoms with E-state index in [9.17, 15) is 9.90 Å². The van der Waals surface area contributed by atoms with Gasteiger partial charge in [0, 0.05) is 49.5 Å². The van der Waals surface area contributed by atoms with Crippen molar-refractivity contribution in [3.05, 3.63) is 42.4 Å². The molecule has 4 heterocycles. The molecule has 37 heavy (non-hydrogen) atoms. The van der Waals surface area contributed by atoms with Crippen LogP contribution in [0.15, 0.2) is 36.7 Å². The third kappa shape index (κ3) is 5.12. The van der Waals surface area contributed by atoms with E-state index >= 15 is 0 Å². The van der Waals surface area contributed by atoms with Gasteiger partial charge in [0.15, 0.2) is 11.5 Å². The molecule has 194 valence electrons. The predicted molar refractivity (Wildman–Crippen MR) is 140 cm³/mol. The van der Waals surface area contributed by atoms with E-state index in [2.05, 4.69) is 46.4 Å². The number of imidazole rings is 1. The standard InChI is InChI=1S/C26H32N8O3/c1-15(35)29-22-12-16(9-10-27-22)37-17-11-19-24(28-14-17)31-25(33(19)5)30-23-13-21(26(2,3)4)34(32-23)18-7-6-8-20(18)36/h9-14,18,20,36H,6-8H2,1-5H3,(H,27,29,35)(H,28,30,31,32)/t18?,20-/m1/s1. The lowest BCUT2D eigenvalue weighted by Crippen LogP contribution is -2.26. The third-order valence-corrected chi connectivity index (χ3v) is 6.49. The summed E-state index contributed by atoms with van der Waals surface area (Å²) in [6.45, 7) is 7.86. The Morgan fingerprint density at radius 1 is 1.14 bits per heavy atom. The summed E-state index contributed by atoms with van der Waals surface area (Å²) in [7, 11) is 1.90. The highest BCUT2D eigenvalue weighted by molar-refractivity contribution is 5.87. The third-order valence-electron chi connectivity index (χ3n) is 6.49. The smallest absolute Gasteiger partial charge is 0.222 e. The molecule has 1 fully saturated rings. The quantitative estimate of drug-likeness (QED) is 0.351. The summed E-state index contributed by atoms with van der Waals surface area (Å²) < 4.78 is 9.84. The molecule has 1 saturated carbocycles. The van der Waals surface area contributed by atoms with Gasteiger partial charge in [0.05, 0.1) is 23.9 Å². The summed E-state index contributed by atoms with van der Waals surface area (Å²) in [5, 5.41) is 21.3. The van der Waals surface area contributed by atoms with Crippen LogP contribution in [0.4, 0.5) is 17.6 Å². The maximum atomic E-state index is 11.3. The molecule has 11 heteroatoms. The van der Waals surface area contributed by atoms with Crippen LogP contribution in [0, 0.1) is 0 Å². The molecule has 0 aromatic carbocycles. The van der Waals surface area contributed by atoms with Crippen LogP contribution in [-0.4, -0.2) is 46.4 Å². The molecule has 0 spiro atoms. The second-order valence-electron chi connectivity index (χ2n) is 10.5. The second-order valence-corrected chi connectivity index (χ2v) is 10.5. The van der Waals surface area contributed by atoms with Crippen LogP contribution in [0.1, 0.15) is 58.7 Å². The normalized spacial score (nSPS) is 17.8. The first-order valence-electron chi connectivity index (χ1n) is 12.4. The Morgan fingerprint density at radius 3 is 2.65 bits per heavy atom. The van der Waals surface area contributed by atoms with Crippen molar-refractivity contribution in [1.29, 1.82) is 0 Å². The summed E-state index contributed by atoms with van der Waals surface area (Å²) in [6.07, 6.45) is 5.48. The molecule has 4 aromatic heterocycles. The Bertz CT molecular complexity index is 1450. The molecule has 1 aliphatic carbocycles. The second kappa shape index (κ2) is 9.47. The van der Waals surface area contributed by atoms with Crippen LogP contribution in [-0.2, 0) is 17.3 Å². The van der Waals surface area contributed by atoms with Crippen molar-refractivity contribution >= 4 is 34.7 Å². The zero-order valence-electron chi connectivity index (χ0n) is 21.7. The molecule has 11 nitrogen and oxygen atoms in total. The zero-order valence-corrected chi connectivity index (χ0v) is 21.7. The summed E-state index contributed by atoms with van der Waals surface area (Å²) in [4.78, 5) is 24.5. The number of aryl methyl sites for hydroxylation is 1. The van der Waals surface area contributed by atoms with Gasteiger partial charge in [-0.05, 0) is 25.3 Å². The van der Waals surface area contributed by atoms with Crippen LogP contribution < -0.4 is 15.4 Å². The number of aliphatic hydroxyl groups is 1. The average Bonchev–Trinajstić information content (AvgIpc) is 3.51. The molecule has 0 radical (unpaired) electrons. The first kappa shape index (κ1) is 24.7. The molecule has 1 amide bonds. The molecule has 0 bridgehead atoms. The van der Waals surface area contributed by atoms with Gasteiger partial charge in [-0.1, -0.05) is 20.8 Å². The lowest BCUT2D eigenvalue weighted by molar-refractivity contribution is -0.114. The Kier molecular flexibility index (Phi) is 6.32. The number of hydrogen-bond donors (Lipinski definition) is 3. The van der Waals surface area contributed by atoms with E-state index in [0.29, 0.717) is 34.7 Å². The van der Waals surface area contributed by atoms with Crippen molar-refractivity contribution in [3.8, 4) is 11.5 Å². The number of aliphatic hydroxyl groups excluding tert-OH is 1. The van der Waals surface area contributed by atoms with Crippen molar-refractivity contribution in [1.82, 2.24) is 29.3 Å². The van der Waals surface area contributed by atoms with E-state index in [1.54, 1.807) is 24.5 Å². The number of fused-ring (bicyclic) bond motifs is 1. The number of carbonyl (C=O) groups excluding carboxylic acids is 1. The number of hydrogen-bond acceptors (Lipinski definition) is 8. The van der Waals surface area contributed by atoms with Gasteiger partial charge in [0.1, 0.15) is 17.3 Å². The lowest BCUT2D eigenvalue weighted by Gasteiger charge is -2.25. The van der Waals surface area contributed by atoms with Gasteiger partial charge < -0.3 is 25.0 Å². The highest BCUT2D eigenvalue weighted by Gasteiger charge is 2.32. The van der Waals surface area contributed by atoms with Gasteiger partial charge >= 0.3 is 0 Å². The fourth-order valence-electron chi connectivity index (χ4n) is 4.67. The number of aromatic nitrogens is 6. The number of ether oxygens (including phenoxy) is 1. The first-order valence-corrected chi connectivity index (χ1v) is 12.4. The molecular weight excluding hydrogens is 472 g/mol. The minimum Gasteiger partial charge on any atom is -0.455 e. The number of nitrogens with zero attached hydrogens (tertiary/aromatic N) is 6. The molecular formula is C26H32N8O3. The minimum atomic E-state index is -0.387. The molecule has 4 aromatic rings. The van der Waals surface area contributed by atoms with Gasteiger partial charge in [0.25, 0.3) is 0 Å². The summed E-state index contributed by atoms with van der Waals surface area (Å²) in [6, 6.07) is 7.21. The SMILES string of the molecule is CC(=O)Nc1cc(Oc2cnc3nc(Nc4cc(C(C)(C)C)n(C5CCC[C@H]5O)n4)n(C)c3c2)ccn1. The lowest BCUT2D eigenvalue weighted by atomic mass is 9.91. The Labute approximate surface area is 214 Å². The largest absolute Gasteiger partial charge is 0.455 e.